The van der Waals surface area contributed by atoms with Gasteiger partial charge in [0, 0.05) is 40.9 Å². The molecule has 1 aliphatic rings. The van der Waals surface area contributed by atoms with Gasteiger partial charge in [-0.15, -0.1) is 11.8 Å². The number of hydrogen-bond donors (Lipinski definition) is 3. The van der Waals surface area contributed by atoms with Crippen LogP contribution >= 0.6 is 11.8 Å². The molecule has 0 bridgehead atoms. The van der Waals surface area contributed by atoms with Gasteiger partial charge in [0.1, 0.15) is 5.69 Å². The van der Waals surface area contributed by atoms with Crippen LogP contribution in [0.1, 0.15) is 52.9 Å². The number of ether oxygens (including phenoxy) is 2. The number of aromatic nitrogens is 2. The van der Waals surface area contributed by atoms with Gasteiger partial charge in [-0.25, -0.2) is 4.98 Å². The molecule has 1 fully saturated rings. The number of thioether (sulfide) groups is 1. The molecule has 3 N–H and O–H groups in total. The van der Waals surface area contributed by atoms with Gasteiger partial charge in [0.2, 0.25) is 5.91 Å². The highest BCUT2D eigenvalue weighted by Gasteiger charge is 2.32. The van der Waals surface area contributed by atoms with Crippen LogP contribution in [0, 0.1) is 0 Å². The molecule has 5 aromatic rings. The predicted molar refractivity (Wildman–Crippen MR) is 174 cm³/mol. The molecule has 0 radical (unpaired) electrons. The first kappa shape index (κ1) is 30.4. The largest absolute Gasteiger partial charge is 0.392 e. The van der Waals surface area contributed by atoms with Gasteiger partial charge >= 0.3 is 0 Å². The van der Waals surface area contributed by atoms with Crippen molar-refractivity contribution in [2.45, 2.75) is 43.3 Å². The second kappa shape index (κ2) is 14.0. The number of fused-ring (bicyclic) bond motifs is 1. The Morgan fingerprint density at radius 1 is 0.844 bits per heavy atom. The number of amides is 2. The summed E-state index contributed by atoms with van der Waals surface area (Å²) in [5.74, 6) is 0.246. The third-order valence-corrected chi connectivity index (χ3v) is 8.49. The lowest BCUT2D eigenvalue weighted by Gasteiger charge is -2.36. The first-order valence-electron chi connectivity index (χ1n) is 14.6. The molecule has 0 saturated carbocycles. The van der Waals surface area contributed by atoms with Gasteiger partial charge in [-0.1, -0.05) is 48.5 Å². The van der Waals surface area contributed by atoms with Crippen molar-refractivity contribution in [2.24, 2.45) is 0 Å². The van der Waals surface area contributed by atoms with E-state index in [2.05, 4.69) is 20.6 Å². The summed E-state index contributed by atoms with van der Waals surface area (Å²) in [4.78, 5) is 34.1. The highest BCUT2D eigenvalue weighted by atomic mass is 32.2. The maximum absolute atomic E-state index is 12.9. The van der Waals surface area contributed by atoms with Crippen LogP contribution in [0.4, 0.5) is 11.4 Å². The topological polar surface area (TPSA) is 123 Å². The molecule has 1 saturated heterocycles. The minimum absolute atomic E-state index is 0.0200. The van der Waals surface area contributed by atoms with Gasteiger partial charge < -0.3 is 25.2 Å². The standard InChI is InChI=1S/C35H32N4O5S/c1-22(41)37-26-14-16-29(17-15-26)45-21-28-18-33(24-8-6-23(20-40)7-9-24)44-35(43-28)25-10-12-27(13-11-25)38-34(42)32-19-36-30-4-2-3-5-31(30)39-32/h2-17,19,28,33,35,40H,18,20-21H2,1H3,(H,37,41)(H,38,42)/t28-,33+,35+/m1/s1. The molecule has 45 heavy (non-hydrogen) atoms. The number of rotatable bonds is 9. The Hall–Kier alpha value is -4.61. The van der Waals surface area contributed by atoms with Crippen molar-refractivity contribution in [3.63, 3.8) is 0 Å². The fourth-order valence-electron chi connectivity index (χ4n) is 5.03. The third-order valence-electron chi connectivity index (χ3n) is 7.35. The summed E-state index contributed by atoms with van der Waals surface area (Å²) in [5, 5.41) is 15.2. The van der Waals surface area contributed by atoms with Gasteiger partial charge in [-0.05, 0) is 59.7 Å². The van der Waals surface area contributed by atoms with E-state index in [1.807, 2.05) is 97.1 Å². The zero-order valence-electron chi connectivity index (χ0n) is 24.6. The van der Waals surface area contributed by atoms with Crippen LogP contribution in [0.25, 0.3) is 11.0 Å². The average Bonchev–Trinajstić information content (AvgIpc) is 3.07. The quantitative estimate of drug-likeness (QED) is 0.156. The molecular formula is C35H32N4O5S. The van der Waals surface area contributed by atoms with Crippen molar-refractivity contribution in [3.05, 3.63) is 126 Å². The van der Waals surface area contributed by atoms with E-state index in [0.717, 1.165) is 32.8 Å². The number of aliphatic hydroxyl groups is 1. The molecule has 0 spiro atoms. The van der Waals surface area contributed by atoms with E-state index in [1.165, 1.54) is 13.1 Å². The molecule has 9 nitrogen and oxygen atoms in total. The van der Waals surface area contributed by atoms with Crippen molar-refractivity contribution in [2.75, 3.05) is 16.4 Å². The van der Waals surface area contributed by atoms with Crippen LogP contribution in [-0.2, 0) is 20.9 Å². The molecule has 1 aliphatic heterocycles. The van der Waals surface area contributed by atoms with Crippen LogP contribution in [0.15, 0.2) is 108 Å². The molecule has 4 aromatic carbocycles. The summed E-state index contributed by atoms with van der Waals surface area (Å²) in [6.45, 7) is 1.47. The van der Waals surface area contributed by atoms with E-state index in [4.69, 9.17) is 9.47 Å². The monoisotopic (exact) mass is 620 g/mol. The van der Waals surface area contributed by atoms with Crippen molar-refractivity contribution >= 4 is 46.0 Å². The van der Waals surface area contributed by atoms with E-state index >= 15 is 0 Å². The maximum Gasteiger partial charge on any atom is 0.275 e. The zero-order chi connectivity index (χ0) is 31.2. The van der Waals surface area contributed by atoms with Crippen molar-refractivity contribution < 1.29 is 24.2 Å². The molecule has 10 heteroatoms. The fourth-order valence-corrected chi connectivity index (χ4v) is 5.96. The lowest BCUT2D eigenvalue weighted by molar-refractivity contribution is -0.245. The van der Waals surface area contributed by atoms with E-state index in [-0.39, 0.29) is 36.3 Å². The molecule has 0 aliphatic carbocycles. The number of carbonyl (C=O) groups is 2. The van der Waals surface area contributed by atoms with Crippen molar-refractivity contribution in [1.29, 1.82) is 0 Å². The third kappa shape index (κ3) is 7.73. The second-order valence-corrected chi connectivity index (χ2v) is 11.8. The van der Waals surface area contributed by atoms with Gasteiger partial charge in [-0.3, -0.25) is 14.6 Å². The number of hydrogen-bond acceptors (Lipinski definition) is 8. The summed E-state index contributed by atoms with van der Waals surface area (Å²) < 4.78 is 12.9. The van der Waals surface area contributed by atoms with E-state index in [0.29, 0.717) is 23.4 Å². The number of para-hydroxylation sites is 2. The number of anilines is 2. The Kier molecular flexibility index (Phi) is 9.46. The first-order valence-corrected chi connectivity index (χ1v) is 15.6. The van der Waals surface area contributed by atoms with Crippen LogP contribution in [0.5, 0.6) is 0 Å². The summed E-state index contributed by atoms with van der Waals surface area (Å²) in [6, 6.07) is 30.3. The van der Waals surface area contributed by atoms with Crippen molar-refractivity contribution in [1.82, 2.24) is 9.97 Å². The number of aliphatic hydroxyl groups excluding tert-OH is 1. The molecule has 2 amide bonds. The SMILES string of the molecule is CC(=O)Nc1ccc(SC[C@H]2C[C@@H](c3ccc(CO)cc3)O[C@@H](c3ccc(NC(=O)c4cnc5ccccc5n4)cc3)O2)cc1. The number of carbonyl (C=O) groups excluding carboxylic acids is 2. The minimum atomic E-state index is -0.620. The van der Waals surface area contributed by atoms with E-state index < -0.39 is 6.29 Å². The Morgan fingerprint density at radius 3 is 2.22 bits per heavy atom. The normalized spacial score (nSPS) is 18.0. The number of nitrogens with zero attached hydrogens (tertiary/aromatic N) is 2. The first-order chi connectivity index (χ1) is 21.9. The lowest BCUT2D eigenvalue weighted by atomic mass is 10.0. The van der Waals surface area contributed by atoms with Crippen LogP contribution in [0.3, 0.4) is 0 Å². The fraction of sp³-hybridized carbons (Fsp3) is 0.200. The zero-order valence-corrected chi connectivity index (χ0v) is 25.4. The summed E-state index contributed by atoms with van der Waals surface area (Å²) in [7, 11) is 0. The van der Waals surface area contributed by atoms with Gasteiger partial charge in [0.05, 0.1) is 36.0 Å². The molecule has 3 atom stereocenters. The van der Waals surface area contributed by atoms with Crippen molar-refractivity contribution in [3.8, 4) is 0 Å². The Bertz CT molecular complexity index is 1780. The van der Waals surface area contributed by atoms with Gasteiger partial charge in [0.15, 0.2) is 6.29 Å². The highest BCUT2D eigenvalue weighted by Crippen LogP contribution is 2.39. The average molecular weight is 621 g/mol. The van der Waals surface area contributed by atoms with E-state index in [9.17, 15) is 14.7 Å². The number of benzene rings is 4. The Labute approximate surface area is 265 Å². The minimum Gasteiger partial charge on any atom is -0.392 e. The summed E-state index contributed by atoms with van der Waals surface area (Å²) in [5.41, 5.74) is 5.65. The van der Waals surface area contributed by atoms with Gasteiger partial charge in [-0.2, -0.15) is 0 Å². The molecule has 6 rings (SSSR count). The maximum atomic E-state index is 12.9. The van der Waals surface area contributed by atoms with Crippen LogP contribution < -0.4 is 10.6 Å². The van der Waals surface area contributed by atoms with Crippen LogP contribution in [-0.4, -0.2) is 38.7 Å². The summed E-state index contributed by atoms with van der Waals surface area (Å²) >= 11 is 1.68. The smallest absolute Gasteiger partial charge is 0.275 e. The molecule has 2 heterocycles. The summed E-state index contributed by atoms with van der Waals surface area (Å²) in [6.07, 6.45) is 1.18. The predicted octanol–water partition coefficient (Wildman–Crippen LogP) is 6.67. The lowest BCUT2D eigenvalue weighted by Crippen LogP contribution is -2.31. The Balaban J connectivity index is 1.15. The van der Waals surface area contributed by atoms with Gasteiger partial charge in [0.25, 0.3) is 5.91 Å². The second-order valence-electron chi connectivity index (χ2n) is 10.7. The molecule has 228 valence electrons. The molecule has 0 unspecified atom stereocenters. The molecular weight excluding hydrogens is 588 g/mol. The Morgan fingerprint density at radius 2 is 1.51 bits per heavy atom. The molecule has 1 aromatic heterocycles. The van der Waals surface area contributed by atoms with Crippen LogP contribution in [0.2, 0.25) is 0 Å². The number of nitrogens with one attached hydrogen (secondary N) is 2. The highest BCUT2D eigenvalue weighted by molar-refractivity contribution is 7.99. The van der Waals surface area contributed by atoms with E-state index in [1.54, 1.807) is 11.8 Å².